The Hall–Kier alpha value is -0.0900. The molecule has 0 spiro atoms. The molecule has 0 aliphatic rings. The summed E-state index contributed by atoms with van der Waals surface area (Å²) >= 11 is 20.0. The fourth-order valence-electron chi connectivity index (χ4n) is 2.31. The molecular formula is C14H17Cl3N2S. The number of thioether (sulfide) groups is 1. The van der Waals surface area contributed by atoms with E-state index in [2.05, 4.69) is 22.7 Å². The van der Waals surface area contributed by atoms with Crippen LogP contribution in [0.4, 0.5) is 0 Å². The lowest BCUT2D eigenvalue weighted by Gasteiger charge is -2.17. The predicted octanol–water partition coefficient (Wildman–Crippen LogP) is 5.44. The maximum Gasteiger partial charge on any atom is 0.111 e. The number of imidazole rings is 1. The number of alkyl halides is 1. The van der Waals surface area contributed by atoms with Crippen molar-refractivity contribution in [2.45, 2.75) is 25.8 Å². The molecule has 6 heteroatoms. The molecule has 1 heterocycles. The highest BCUT2D eigenvalue weighted by molar-refractivity contribution is 7.98. The molecule has 0 saturated carbocycles. The van der Waals surface area contributed by atoms with E-state index in [9.17, 15) is 0 Å². The van der Waals surface area contributed by atoms with Crippen molar-refractivity contribution in [1.29, 1.82) is 0 Å². The average molecular weight is 352 g/mol. The summed E-state index contributed by atoms with van der Waals surface area (Å²) in [6.07, 6.45) is 3.95. The van der Waals surface area contributed by atoms with Crippen LogP contribution in [0.1, 0.15) is 25.2 Å². The smallest absolute Gasteiger partial charge is 0.111 e. The number of aromatic nitrogens is 2. The lowest BCUT2D eigenvalue weighted by Crippen LogP contribution is -2.11. The van der Waals surface area contributed by atoms with E-state index >= 15 is 0 Å². The van der Waals surface area contributed by atoms with Crippen molar-refractivity contribution in [3.8, 4) is 0 Å². The molecule has 110 valence electrons. The highest BCUT2D eigenvalue weighted by Crippen LogP contribution is 2.31. The Morgan fingerprint density at radius 2 is 2.00 bits per heavy atom. The van der Waals surface area contributed by atoms with Gasteiger partial charge >= 0.3 is 0 Å². The van der Waals surface area contributed by atoms with Gasteiger partial charge in [0.2, 0.25) is 0 Å². The quantitative estimate of drug-likeness (QED) is 0.645. The summed E-state index contributed by atoms with van der Waals surface area (Å²) in [5, 5.41) is 1.10. The van der Waals surface area contributed by atoms with E-state index in [0.717, 1.165) is 35.5 Å². The molecule has 0 fully saturated rings. The van der Waals surface area contributed by atoms with E-state index in [1.165, 1.54) is 0 Å². The molecule has 1 aromatic carbocycles. The number of halogens is 3. The molecular weight excluding hydrogens is 335 g/mol. The standard InChI is InChI=1S/C14H17Cl3N2S/c1-9(4-6-20-2)19-13-8-11(17)10(16)7-12(13)18-14(19)3-5-15/h7-9H,3-6H2,1-2H3. The monoisotopic (exact) mass is 350 g/mol. The zero-order valence-corrected chi connectivity index (χ0v) is 14.6. The molecule has 1 aromatic heterocycles. The van der Waals surface area contributed by atoms with Crippen LogP contribution in [0.3, 0.4) is 0 Å². The van der Waals surface area contributed by atoms with Crippen molar-refractivity contribution in [2.24, 2.45) is 0 Å². The van der Waals surface area contributed by atoms with Gasteiger partial charge < -0.3 is 4.57 Å². The first-order valence-electron chi connectivity index (χ1n) is 6.49. The van der Waals surface area contributed by atoms with Gasteiger partial charge in [-0.15, -0.1) is 11.6 Å². The van der Waals surface area contributed by atoms with Crippen LogP contribution < -0.4 is 0 Å². The van der Waals surface area contributed by atoms with Gasteiger partial charge in [-0.25, -0.2) is 4.98 Å². The van der Waals surface area contributed by atoms with Crippen LogP contribution in [0.5, 0.6) is 0 Å². The highest BCUT2D eigenvalue weighted by Gasteiger charge is 2.17. The fraction of sp³-hybridized carbons (Fsp3) is 0.500. The number of rotatable bonds is 6. The van der Waals surface area contributed by atoms with E-state index < -0.39 is 0 Å². The maximum atomic E-state index is 6.15. The second-order valence-electron chi connectivity index (χ2n) is 4.72. The first-order chi connectivity index (χ1) is 9.58. The summed E-state index contributed by atoms with van der Waals surface area (Å²) in [7, 11) is 0. The molecule has 0 radical (unpaired) electrons. The SMILES string of the molecule is CSCCC(C)n1c(CCCl)nc2cc(Cl)c(Cl)cc21. The molecule has 1 atom stereocenters. The zero-order valence-electron chi connectivity index (χ0n) is 11.5. The Kier molecular flexibility index (Phi) is 5.91. The summed E-state index contributed by atoms with van der Waals surface area (Å²) in [4.78, 5) is 4.66. The molecule has 2 aromatic rings. The van der Waals surface area contributed by atoms with Crippen molar-refractivity contribution >= 4 is 57.6 Å². The van der Waals surface area contributed by atoms with Crippen LogP contribution >= 0.6 is 46.6 Å². The Morgan fingerprint density at radius 1 is 1.30 bits per heavy atom. The van der Waals surface area contributed by atoms with Crippen LogP contribution in [-0.4, -0.2) is 27.4 Å². The number of aryl methyl sites for hydroxylation is 1. The van der Waals surface area contributed by atoms with Crippen LogP contribution in [0.2, 0.25) is 10.0 Å². The molecule has 0 saturated heterocycles. The minimum atomic E-state index is 0.364. The highest BCUT2D eigenvalue weighted by atomic mass is 35.5. The van der Waals surface area contributed by atoms with Gasteiger partial charge in [-0.1, -0.05) is 23.2 Å². The lowest BCUT2D eigenvalue weighted by atomic mass is 10.2. The van der Waals surface area contributed by atoms with E-state index in [0.29, 0.717) is 22.0 Å². The molecule has 0 N–H and O–H groups in total. The van der Waals surface area contributed by atoms with Crippen molar-refractivity contribution < 1.29 is 0 Å². The van der Waals surface area contributed by atoms with Crippen LogP contribution in [-0.2, 0) is 6.42 Å². The molecule has 0 bridgehead atoms. The van der Waals surface area contributed by atoms with Gasteiger partial charge in [-0.2, -0.15) is 11.8 Å². The predicted molar refractivity (Wildman–Crippen MR) is 91.9 cm³/mol. The number of benzene rings is 1. The molecule has 1 unspecified atom stereocenters. The Morgan fingerprint density at radius 3 is 2.65 bits per heavy atom. The Balaban J connectivity index is 2.52. The van der Waals surface area contributed by atoms with Gasteiger partial charge in [0.25, 0.3) is 0 Å². The van der Waals surface area contributed by atoms with E-state index in [4.69, 9.17) is 34.8 Å². The normalized spacial score (nSPS) is 13.1. The number of nitrogens with zero attached hydrogens (tertiary/aromatic N) is 2. The van der Waals surface area contributed by atoms with Gasteiger partial charge in [-0.3, -0.25) is 0 Å². The van der Waals surface area contributed by atoms with Crippen LogP contribution in [0, 0.1) is 0 Å². The Bertz CT molecular complexity index is 598. The van der Waals surface area contributed by atoms with E-state index in [-0.39, 0.29) is 0 Å². The third-order valence-electron chi connectivity index (χ3n) is 3.30. The first kappa shape index (κ1) is 16.3. The third-order valence-corrected chi connectivity index (χ3v) is 4.86. The molecule has 0 aliphatic carbocycles. The number of fused-ring (bicyclic) bond motifs is 1. The molecule has 2 rings (SSSR count). The topological polar surface area (TPSA) is 17.8 Å². The van der Waals surface area contributed by atoms with Crippen molar-refractivity contribution in [2.75, 3.05) is 17.9 Å². The molecule has 20 heavy (non-hydrogen) atoms. The minimum absolute atomic E-state index is 0.364. The second-order valence-corrected chi connectivity index (χ2v) is 6.90. The minimum Gasteiger partial charge on any atom is -0.325 e. The average Bonchev–Trinajstić information content (AvgIpc) is 2.74. The fourth-order valence-corrected chi connectivity index (χ4v) is 3.37. The van der Waals surface area contributed by atoms with Crippen molar-refractivity contribution in [1.82, 2.24) is 9.55 Å². The number of hydrogen-bond donors (Lipinski definition) is 0. The third kappa shape index (κ3) is 3.38. The molecule has 0 aliphatic heterocycles. The van der Waals surface area contributed by atoms with Crippen molar-refractivity contribution in [3.63, 3.8) is 0 Å². The van der Waals surface area contributed by atoms with Crippen molar-refractivity contribution in [3.05, 3.63) is 28.0 Å². The number of hydrogen-bond acceptors (Lipinski definition) is 2. The lowest BCUT2D eigenvalue weighted by molar-refractivity contribution is 0.528. The van der Waals surface area contributed by atoms with Gasteiger partial charge in [0, 0.05) is 18.3 Å². The summed E-state index contributed by atoms with van der Waals surface area (Å²) in [6, 6.07) is 4.09. The van der Waals surface area contributed by atoms with E-state index in [1.54, 1.807) is 0 Å². The van der Waals surface area contributed by atoms with Gasteiger partial charge in [0.15, 0.2) is 0 Å². The largest absolute Gasteiger partial charge is 0.325 e. The zero-order chi connectivity index (χ0) is 14.7. The van der Waals surface area contributed by atoms with Crippen LogP contribution in [0.25, 0.3) is 11.0 Å². The van der Waals surface area contributed by atoms with Crippen LogP contribution in [0.15, 0.2) is 12.1 Å². The molecule has 2 nitrogen and oxygen atoms in total. The maximum absolute atomic E-state index is 6.15. The van der Waals surface area contributed by atoms with Gasteiger partial charge in [-0.05, 0) is 37.5 Å². The summed E-state index contributed by atoms with van der Waals surface area (Å²) in [5.41, 5.74) is 1.92. The summed E-state index contributed by atoms with van der Waals surface area (Å²) in [6.45, 7) is 2.21. The van der Waals surface area contributed by atoms with E-state index in [1.807, 2.05) is 23.9 Å². The second kappa shape index (κ2) is 7.26. The molecule has 0 amide bonds. The van der Waals surface area contributed by atoms with Gasteiger partial charge in [0.05, 0.1) is 21.1 Å². The first-order valence-corrected chi connectivity index (χ1v) is 9.17. The summed E-state index contributed by atoms with van der Waals surface area (Å²) < 4.78 is 2.25. The summed E-state index contributed by atoms with van der Waals surface area (Å²) in [5.74, 6) is 2.67. The Labute approximate surface area is 138 Å². The van der Waals surface area contributed by atoms with Gasteiger partial charge in [0.1, 0.15) is 5.82 Å².